The first-order valence-electron chi connectivity index (χ1n) is 5.82. The molecule has 1 aliphatic heterocycles. The van der Waals surface area contributed by atoms with Gasteiger partial charge >= 0.3 is 0 Å². The Balaban J connectivity index is 1.99. The SMILES string of the molecule is OC(CNC1=NCCCN1)c1c(Cl)cccc1Cl. The Morgan fingerprint density at radius 1 is 1.39 bits per heavy atom. The van der Waals surface area contributed by atoms with Crippen molar-refractivity contribution in [2.45, 2.75) is 12.5 Å². The second-order valence-electron chi connectivity index (χ2n) is 4.04. The van der Waals surface area contributed by atoms with E-state index in [1.807, 2.05) is 0 Å². The van der Waals surface area contributed by atoms with Crippen molar-refractivity contribution in [3.05, 3.63) is 33.8 Å². The summed E-state index contributed by atoms with van der Waals surface area (Å²) in [5, 5.41) is 17.2. The zero-order chi connectivity index (χ0) is 13.0. The van der Waals surface area contributed by atoms with E-state index in [0.29, 0.717) is 28.1 Å². The minimum Gasteiger partial charge on any atom is -0.386 e. The summed E-state index contributed by atoms with van der Waals surface area (Å²) in [5.41, 5.74) is 0.546. The average molecular weight is 288 g/mol. The van der Waals surface area contributed by atoms with Crippen molar-refractivity contribution >= 4 is 29.2 Å². The molecule has 1 heterocycles. The van der Waals surface area contributed by atoms with Gasteiger partial charge in [0.05, 0.1) is 6.10 Å². The number of nitrogens with zero attached hydrogens (tertiary/aromatic N) is 1. The summed E-state index contributed by atoms with van der Waals surface area (Å²) in [5.74, 6) is 0.712. The number of nitrogens with one attached hydrogen (secondary N) is 2. The number of rotatable bonds is 3. The van der Waals surface area contributed by atoms with E-state index in [1.165, 1.54) is 0 Å². The van der Waals surface area contributed by atoms with Crippen LogP contribution in [0, 0.1) is 0 Å². The van der Waals surface area contributed by atoms with E-state index in [9.17, 15) is 5.11 Å². The van der Waals surface area contributed by atoms with E-state index in [0.717, 1.165) is 19.5 Å². The third-order valence-electron chi connectivity index (χ3n) is 2.69. The molecular formula is C12H15Cl2N3O. The van der Waals surface area contributed by atoms with E-state index in [2.05, 4.69) is 15.6 Å². The Hall–Kier alpha value is -0.970. The van der Waals surface area contributed by atoms with E-state index < -0.39 is 6.10 Å². The molecule has 0 saturated heterocycles. The fraction of sp³-hybridized carbons (Fsp3) is 0.417. The highest BCUT2D eigenvalue weighted by molar-refractivity contribution is 6.36. The first-order valence-corrected chi connectivity index (χ1v) is 6.58. The van der Waals surface area contributed by atoms with Crippen molar-refractivity contribution < 1.29 is 5.11 Å². The van der Waals surface area contributed by atoms with Crippen LogP contribution in [0.5, 0.6) is 0 Å². The smallest absolute Gasteiger partial charge is 0.191 e. The number of hydrogen-bond donors (Lipinski definition) is 3. The minimum atomic E-state index is -0.766. The molecule has 1 aliphatic rings. The van der Waals surface area contributed by atoms with Crippen molar-refractivity contribution in [2.24, 2.45) is 4.99 Å². The van der Waals surface area contributed by atoms with Crippen LogP contribution in [0.1, 0.15) is 18.1 Å². The van der Waals surface area contributed by atoms with Crippen LogP contribution in [-0.2, 0) is 0 Å². The van der Waals surface area contributed by atoms with Crippen LogP contribution in [0.4, 0.5) is 0 Å². The molecule has 4 nitrogen and oxygen atoms in total. The van der Waals surface area contributed by atoms with Crippen molar-refractivity contribution in [3.63, 3.8) is 0 Å². The maximum atomic E-state index is 10.1. The minimum absolute atomic E-state index is 0.315. The highest BCUT2D eigenvalue weighted by Crippen LogP contribution is 2.29. The Bertz CT molecular complexity index is 431. The van der Waals surface area contributed by atoms with E-state index >= 15 is 0 Å². The van der Waals surface area contributed by atoms with Crippen LogP contribution in [0.25, 0.3) is 0 Å². The Morgan fingerprint density at radius 2 is 2.11 bits per heavy atom. The molecule has 0 bridgehead atoms. The topological polar surface area (TPSA) is 56.6 Å². The maximum absolute atomic E-state index is 10.1. The second-order valence-corrected chi connectivity index (χ2v) is 4.86. The molecule has 0 saturated carbocycles. The third kappa shape index (κ3) is 3.28. The predicted octanol–water partition coefficient (Wildman–Crippen LogP) is 1.97. The largest absolute Gasteiger partial charge is 0.386 e. The molecular weight excluding hydrogens is 273 g/mol. The summed E-state index contributed by atoms with van der Waals surface area (Å²) >= 11 is 12.1. The summed E-state index contributed by atoms with van der Waals surface area (Å²) in [4.78, 5) is 4.26. The van der Waals surface area contributed by atoms with E-state index in [1.54, 1.807) is 18.2 Å². The van der Waals surface area contributed by atoms with Crippen LogP contribution >= 0.6 is 23.2 Å². The molecule has 0 fully saturated rings. The Labute approximate surface area is 116 Å². The molecule has 18 heavy (non-hydrogen) atoms. The quantitative estimate of drug-likeness (QED) is 0.797. The number of benzene rings is 1. The van der Waals surface area contributed by atoms with Gasteiger partial charge < -0.3 is 15.7 Å². The van der Waals surface area contributed by atoms with Crippen molar-refractivity contribution in [3.8, 4) is 0 Å². The van der Waals surface area contributed by atoms with Crippen molar-refractivity contribution in [1.82, 2.24) is 10.6 Å². The summed E-state index contributed by atoms with van der Waals surface area (Å²) < 4.78 is 0. The molecule has 0 aliphatic carbocycles. The molecule has 1 unspecified atom stereocenters. The normalized spacial score (nSPS) is 16.7. The number of guanidine groups is 1. The summed E-state index contributed by atoms with van der Waals surface area (Å²) in [7, 11) is 0. The lowest BCUT2D eigenvalue weighted by molar-refractivity contribution is 0.181. The molecule has 98 valence electrons. The van der Waals surface area contributed by atoms with Crippen LogP contribution < -0.4 is 10.6 Å². The molecule has 3 N–H and O–H groups in total. The van der Waals surface area contributed by atoms with Gasteiger partial charge in [-0.3, -0.25) is 4.99 Å². The van der Waals surface area contributed by atoms with Crippen LogP contribution in [0.3, 0.4) is 0 Å². The van der Waals surface area contributed by atoms with Gasteiger partial charge in [-0.05, 0) is 18.6 Å². The summed E-state index contributed by atoms with van der Waals surface area (Å²) in [6.45, 7) is 2.02. The summed E-state index contributed by atoms with van der Waals surface area (Å²) in [6, 6.07) is 5.17. The molecule has 1 aromatic carbocycles. The lowest BCUT2D eigenvalue weighted by Crippen LogP contribution is -2.42. The average Bonchev–Trinajstić information content (AvgIpc) is 2.37. The van der Waals surface area contributed by atoms with Crippen molar-refractivity contribution in [1.29, 1.82) is 0 Å². The third-order valence-corrected chi connectivity index (χ3v) is 3.35. The standard InChI is InChI=1S/C12H15Cl2N3O/c13-8-3-1-4-9(14)11(8)10(18)7-17-12-15-5-2-6-16-12/h1,3-4,10,18H,2,5-7H2,(H2,15,16,17). The van der Waals surface area contributed by atoms with Gasteiger partial charge in [0, 0.05) is 35.2 Å². The number of aliphatic hydroxyl groups is 1. The zero-order valence-electron chi connectivity index (χ0n) is 9.79. The molecule has 0 amide bonds. The molecule has 0 spiro atoms. The number of hydrogen-bond acceptors (Lipinski definition) is 4. The van der Waals surface area contributed by atoms with Gasteiger partial charge in [-0.15, -0.1) is 0 Å². The lowest BCUT2D eigenvalue weighted by Gasteiger charge is -2.19. The van der Waals surface area contributed by atoms with Gasteiger partial charge in [0.25, 0.3) is 0 Å². The van der Waals surface area contributed by atoms with Gasteiger partial charge in [-0.2, -0.15) is 0 Å². The highest BCUT2D eigenvalue weighted by atomic mass is 35.5. The summed E-state index contributed by atoms with van der Waals surface area (Å²) in [6.07, 6.45) is 0.266. The monoisotopic (exact) mass is 287 g/mol. The lowest BCUT2D eigenvalue weighted by atomic mass is 10.1. The maximum Gasteiger partial charge on any atom is 0.191 e. The van der Waals surface area contributed by atoms with E-state index in [-0.39, 0.29) is 0 Å². The zero-order valence-corrected chi connectivity index (χ0v) is 11.3. The fourth-order valence-electron chi connectivity index (χ4n) is 1.78. The molecule has 0 radical (unpaired) electrons. The Morgan fingerprint density at radius 3 is 2.72 bits per heavy atom. The molecule has 0 aromatic heterocycles. The van der Waals surface area contributed by atoms with Crippen LogP contribution in [0.2, 0.25) is 10.0 Å². The van der Waals surface area contributed by atoms with Gasteiger partial charge in [0.2, 0.25) is 0 Å². The van der Waals surface area contributed by atoms with Crippen LogP contribution in [0.15, 0.2) is 23.2 Å². The molecule has 1 atom stereocenters. The molecule has 6 heteroatoms. The second kappa shape index (κ2) is 6.27. The number of aliphatic imine (C=N–C) groups is 1. The first-order chi connectivity index (χ1) is 8.68. The van der Waals surface area contributed by atoms with Crippen molar-refractivity contribution in [2.75, 3.05) is 19.6 Å². The molecule has 2 rings (SSSR count). The Kier molecular flexibility index (Phi) is 4.69. The first kappa shape index (κ1) is 13.5. The van der Waals surface area contributed by atoms with E-state index in [4.69, 9.17) is 23.2 Å². The van der Waals surface area contributed by atoms with Gasteiger partial charge in [0.1, 0.15) is 0 Å². The van der Waals surface area contributed by atoms with Crippen LogP contribution in [-0.4, -0.2) is 30.7 Å². The van der Waals surface area contributed by atoms with Gasteiger partial charge in [0.15, 0.2) is 5.96 Å². The predicted molar refractivity (Wildman–Crippen MR) is 74.3 cm³/mol. The fourth-order valence-corrected chi connectivity index (χ4v) is 2.42. The van der Waals surface area contributed by atoms with Gasteiger partial charge in [-0.25, -0.2) is 0 Å². The number of aliphatic hydroxyl groups excluding tert-OH is 1. The molecule has 1 aromatic rings. The number of halogens is 2. The van der Waals surface area contributed by atoms with Gasteiger partial charge in [-0.1, -0.05) is 29.3 Å². The highest BCUT2D eigenvalue weighted by Gasteiger charge is 2.16.